The van der Waals surface area contributed by atoms with Gasteiger partial charge in [0.25, 0.3) is 0 Å². The van der Waals surface area contributed by atoms with Gasteiger partial charge in [-0.15, -0.1) is 11.3 Å². The summed E-state index contributed by atoms with van der Waals surface area (Å²) in [5.74, 6) is -0.298. The van der Waals surface area contributed by atoms with Crippen LogP contribution in [0.5, 0.6) is 0 Å². The van der Waals surface area contributed by atoms with E-state index in [4.69, 9.17) is 15.5 Å². The molecule has 0 bridgehead atoms. The quantitative estimate of drug-likeness (QED) is 0.370. The van der Waals surface area contributed by atoms with E-state index in [0.717, 1.165) is 28.2 Å². The first-order valence-corrected chi connectivity index (χ1v) is 12.6. The van der Waals surface area contributed by atoms with Crippen molar-refractivity contribution in [2.24, 2.45) is 0 Å². The lowest BCUT2D eigenvalue weighted by Crippen LogP contribution is -2.50. The van der Waals surface area contributed by atoms with Gasteiger partial charge in [-0.05, 0) is 56.9 Å². The van der Waals surface area contributed by atoms with Gasteiger partial charge in [0.2, 0.25) is 5.91 Å². The standard InChI is InChI=1S/C27H34N4O3S/c1-5-21-17-35-25(29-21)23(16-19-11-13-20(28)14-12-19)30-24(32)22(15-18-9-7-6-8-10-18)31-26(33)34-27(2,3)4/h6-14,17,22-23H,5,15-16,28H2,1-4H3,(H,30,32)(H,31,33). The number of benzene rings is 2. The number of amides is 2. The number of hydrogen-bond acceptors (Lipinski definition) is 6. The molecule has 0 radical (unpaired) electrons. The lowest BCUT2D eigenvalue weighted by atomic mass is 10.0. The molecule has 0 saturated heterocycles. The number of aromatic nitrogens is 1. The van der Waals surface area contributed by atoms with Crippen molar-refractivity contribution in [3.8, 4) is 0 Å². The van der Waals surface area contributed by atoms with Gasteiger partial charge >= 0.3 is 6.09 Å². The second kappa shape index (κ2) is 11.8. The second-order valence-electron chi connectivity index (χ2n) is 9.43. The van der Waals surface area contributed by atoms with Crippen LogP contribution in [0.15, 0.2) is 60.0 Å². The smallest absolute Gasteiger partial charge is 0.408 e. The predicted octanol–water partition coefficient (Wildman–Crippen LogP) is 4.82. The van der Waals surface area contributed by atoms with Crippen LogP contribution in [0, 0.1) is 0 Å². The number of rotatable bonds is 9. The number of thiazole rings is 1. The third kappa shape index (κ3) is 8.40. The van der Waals surface area contributed by atoms with Crippen LogP contribution in [-0.2, 0) is 28.8 Å². The highest BCUT2D eigenvalue weighted by atomic mass is 32.1. The molecule has 0 saturated carbocycles. The van der Waals surface area contributed by atoms with Crippen molar-refractivity contribution in [3.63, 3.8) is 0 Å². The highest BCUT2D eigenvalue weighted by molar-refractivity contribution is 7.09. The largest absolute Gasteiger partial charge is 0.444 e. The summed E-state index contributed by atoms with van der Waals surface area (Å²) >= 11 is 1.52. The number of alkyl carbamates (subject to hydrolysis) is 1. The first-order chi connectivity index (χ1) is 16.6. The van der Waals surface area contributed by atoms with Crippen molar-refractivity contribution < 1.29 is 14.3 Å². The molecule has 3 rings (SSSR count). The van der Waals surface area contributed by atoms with Gasteiger partial charge in [-0.2, -0.15) is 0 Å². The Balaban J connectivity index is 1.83. The number of nitrogens with two attached hydrogens (primary N) is 1. The summed E-state index contributed by atoms with van der Waals surface area (Å²) in [6.07, 6.45) is 1.06. The van der Waals surface area contributed by atoms with Crippen molar-refractivity contribution in [2.45, 2.75) is 64.6 Å². The molecule has 2 atom stereocenters. The molecule has 3 aromatic rings. The maximum atomic E-state index is 13.5. The number of anilines is 1. The molecule has 0 spiro atoms. The van der Waals surface area contributed by atoms with E-state index < -0.39 is 17.7 Å². The van der Waals surface area contributed by atoms with Crippen LogP contribution in [0.25, 0.3) is 0 Å². The summed E-state index contributed by atoms with van der Waals surface area (Å²) in [6.45, 7) is 7.41. The Morgan fingerprint density at radius 1 is 1.00 bits per heavy atom. The normalized spacial score (nSPS) is 13.0. The fraction of sp³-hybridized carbons (Fsp3) is 0.370. The van der Waals surface area contributed by atoms with Crippen LogP contribution < -0.4 is 16.4 Å². The summed E-state index contributed by atoms with van der Waals surface area (Å²) in [5.41, 5.74) is 8.79. The number of ether oxygens (including phenoxy) is 1. The van der Waals surface area contributed by atoms with Gasteiger partial charge in [0.1, 0.15) is 16.7 Å². The van der Waals surface area contributed by atoms with E-state index in [2.05, 4.69) is 10.6 Å². The van der Waals surface area contributed by atoms with Crippen LogP contribution in [0.2, 0.25) is 0 Å². The Morgan fingerprint density at radius 3 is 2.26 bits per heavy atom. The zero-order valence-corrected chi connectivity index (χ0v) is 21.5. The average Bonchev–Trinajstić information content (AvgIpc) is 3.28. The summed E-state index contributed by atoms with van der Waals surface area (Å²) in [5, 5.41) is 8.72. The number of nitrogen functional groups attached to an aromatic ring is 1. The van der Waals surface area contributed by atoms with Crippen molar-refractivity contribution in [1.29, 1.82) is 0 Å². The SMILES string of the molecule is CCc1csc(C(Cc2ccc(N)cc2)NC(=O)C(Cc2ccccc2)NC(=O)OC(C)(C)C)n1. The summed E-state index contributed by atoms with van der Waals surface area (Å²) in [7, 11) is 0. The minimum atomic E-state index is -0.813. The molecular weight excluding hydrogens is 460 g/mol. The van der Waals surface area contributed by atoms with Gasteiger partial charge in [0.05, 0.1) is 11.7 Å². The molecule has 2 aromatic carbocycles. The highest BCUT2D eigenvalue weighted by Gasteiger charge is 2.28. The Labute approximate surface area is 211 Å². The molecule has 7 nitrogen and oxygen atoms in total. The van der Waals surface area contributed by atoms with Gasteiger partial charge in [0.15, 0.2) is 0 Å². The molecule has 186 valence electrons. The molecule has 0 fully saturated rings. The van der Waals surface area contributed by atoms with Crippen molar-refractivity contribution >= 4 is 29.0 Å². The molecule has 2 amide bonds. The Kier molecular flexibility index (Phi) is 8.87. The Bertz CT molecular complexity index is 1110. The number of carbonyl (C=O) groups is 2. The van der Waals surface area contributed by atoms with E-state index in [9.17, 15) is 9.59 Å². The molecule has 0 aliphatic rings. The molecule has 35 heavy (non-hydrogen) atoms. The Hall–Kier alpha value is -3.39. The number of hydrogen-bond donors (Lipinski definition) is 3. The van der Waals surface area contributed by atoms with E-state index in [1.165, 1.54) is 11.3 Å². The van der Waals surface area contributed by atoms with E-state index in [1.807, 2.05) is 66.9 Å². The van der Waals surface area contributed by atoms with Crippen molar-refractivity contribution in [2.75, 3.05) is 5.73 Å². The van der Waals surface area contributed by atoms with E-state index in [-0.39, 0.29) is 11.9 Å². The third-order valence-electron chi connectivity index (χ3n) is 5.26. The molecule has 0 aliphatic heterocycles. The van der Waals surface area contributed by atoms with E-state index >= 15 is 0 Å². The second-order valence-corrected chi connectivity index (χ2v) is 10.3. The third-order valence-corrected chi connectivity index (χ3v) is 6.26. The molecule has 1 heterocycles. The molecule has 4 N–H and O–H groups in total. The monoisotopic (exact) mass is 494 g/mol. The van der Waals surface area contributed by atoms with Gasteiger partial charge in [-0.25, -0.2) is 9.78 Å². The number of aryl methyl sites for hydroxylation is 1. The fourth-order valence-electron chi connectivity index (χ4n) is 3.52. The summed E-state index contributed by atoms with van der Waals surface area (Å²) in [6, 6.07) is 16.0. The van der Waals surface area contributed by atoms with E-state index in [0.29, 0.717) is 18.5 Å². The minimum Gasteiger partial charge on any atom is -0.444 e. The molecule has 8 heteroatoms. The zero-order valence-electron chi connectivity index (χ0n) is 20.7. The Morgan fingerprint density at radius 2 is 1.66 bits per heavy atom. The summed E-state index contributed by atoms with van der Waals surface area (Å²) in [4.78, 5) is 30.8. The first kappa shape index (κ1) is 26.2. The minimum absolute atomic E-state index is 0.298. The zero-order chi connectivity index (χ0) is 25.4. The molecule has 0 aliphatic carbocycles. The van der Waals surface area contributed by atoms with Crippen LogP contribution >= 0.6 is 11.3 Å². The molecular formula is C27H34N4O3S. The lowest BCUT2D eigenvalue weighted by Gasteiger charge is -2.25. The van der Waals surface area contributed by atoms with Crippen molar-refractivity contribution in [1.82, 2.24) is 15.6 Å². The number of nitrogens with zero attached hydrogens (tertiary/aromatic N) is 1. The fourth-order valence-corrected chi connectivity index (χ4v) is 4.47. The molecule has 2 unspecified atom stereocenters. The maximum absolute atomic E-state index is 13.5. The van der Waals surface area contributed by atoms with Crippen LogP contribution in [-0.4, -0.2) is 28.6 Å². The van der Waals surface area contributed by atoms with E-state index in [1.54, 1.807) is 20.8 Å². The topological polar surface area (TPSA) is 106 Å². The average molecular weight is 495 g/mol. The van der Waals surface area contributed by atoms with Gasteiger partial charge in [-0.3, -0.25) is 4.79 Å². The highest BCUT2D eigenvalue weighted by Crippen LogP contribution is 2.24. The lowest BCUT2D eigenvalue weighted by molar-refractivity contribution is -0.124. The summed E-state index contributed by atoms with van der Waals surface area (Å²) < 4.78 is 5.42. The van der Waals surface area contributed by atoms with Crippen molar-refractivity contribution in [3.05, 3.63) is 81.8 Å². The maximum Gasteiger partial charge on any atom is 0.408 e. The van der Waals surface area contributed by atoms with Gasteiger partial charge < -0.3 is 21.1 Å². The number of nitrogens with one attached hydrogen (secondary N) is 2. The van der Waals surface area contributed by atoms with Gasteiger partial charge in [-0.1, -0.05) is 49.4 Å². The molecule has 1 aromatic heterocycles. The van der Waals surface area contributed by atoms with Gasteiger partial charge in [0, 0.05) is 17.5 Å². The first-order valence-electron chi connectivity index (χ1n) is 11.8. The number of carbonyl (C=O) groups excluding carboxylic acids is 2. The van der Waals surface area contributed by atoms with Crippen LogP contribution in [0.4, 0.5) is 10.5 Å². The van der Waals surface area contributed by atoms with Crippen LogP contribution in [0.3, 0.4) is 0 Å². The van der Waals surface area contributed by atoms with Crippen LogP contribution in [0.1, 0.15) is 55.6 Å². The predicted molar refractivity (Wildman–Crippen MR) is 140 cm³/mol.